The fourth-order valence-corrected chi connectivity index (χ4v) is 2.62. The number of hydrogen-bond donors (Lipinski definition) is 2. The van der Waals surface area contributed by atoms with Gasteiger partial charge in [0.15, 0.2) is 0 Å². The second kappa shape index (κ2) is 7.85. The van der Waals surface area contributed by atoms with Crippen LogP contribution in [0.15, 0.2) is 43.2 Å². The van der Waals surface area contributed by atoms with E-state index in [4.69, 9.17) is 16.5 Å². The van der Waals surface area contributed by atoms with Crippen molar-refractivity contribution in [1.82, 2.24) is 24.1 Å². The average Bonchev–Trinajstić information content (AvgIpc) is 3.18. The highest BCUT2D eigenvalue weighted by molar-refractivity contribution is 5.13. The van der Waals surface area contributed by atoms with E-state index in [9.17, 15) is 0 Å². The third kappa shape index (κ3) is 4.27. The monoisotopic (exact) mass is 325 g/mol. The molecular formula is C17H23N7. The van der Waals surface area contributed by atoms with Gasteiger partial charge in [0, 0.05) is 25.2 Å². The molecule has 0 fully saturated rings. The van der Waals surface area contributed by atoms with Crippen LogP contribution in [0.2, 0.25) is 0 Å². The van der Waals surface area contributed by atoms with Gasteiger partial charge in [-0.2, -0.15) is 0 Å². The van der Waals surface area contributed by atoms with E-state index in [0.717, 1.165) is 35.6 Å². The van der Waals surface area contributed by atoms with E-state index in [1.165, 1.54) is 0 Å². The van der Waals surface area contributed by atoms with Crippen LogP contribution in [0.1, 0.15) is 22.8 Å². The number of rotatable bonds is 8. The molecule has 0 bridgehead atoms. The Balaban J connectivity index is 1.66. The third-order valence-corrected chi connectivity index (χ3v) is 3.73. The van der Waals surface area contributed by atoms with E-state index in [1.807, 2.05) is 52.4 Å². The first-order valence-electron chi connectivity index (χ1n) is 8.13. The van der Waals surface area contributed by atoms with E-state index in [-0.39, 0.29) is 0 Å². The highest BCUT2D eigenvalue weighted by atomic mass is 15.1. The Hall–Kier alpha value is -2.51. The summed E-state index contributed by atoms with van der Waals surface area (Å²) in [5.74, 6) is 0. The van der Waals surface area contributed by atoms with Crippen molar-refractivity contribution in [2.45, 2.75) is 25.9 Å². The maximum absolute atomic E-state index is 5.56. The third-order valence-electron chi connectivity index (χ3n) is 3.73. The number of hydrogen-bond acceptors (Lipinski definition) is 5. The highest BCUT2D eigenvalue weighted by Crippen LogP contribution is 2.07. The van der Waals surface area contributed by atoms with Crippen molar-refractivity contribution >= 4 is 0 Å². The zero-order chi connectivity index (χ0) is 16.8. The topological polar surface area (TPSA) is 101 Å². The number of aromatic nitrogens is 5. The summed E-state index contributed by atoms with van der Waals surface area (Å²) in [5, 5.41) is 0. The molecule has 4 N–H and O–H groups in total. The van der Waals surface area contributed by atoms with Gasteiger partial charge in [-0.25, -0.2) is 9.97 Å². The molecule has 0 aromatic carbocycles. The molecule has 126 valence electrons. The summed E-state index contributed by atoms with van der Waals surface area (Å²) in [6.45, 7) is 2.63. The molecule has 3 rings (SSSR count). The van der Waals surface area contributed by atoms with E-state index < -0.39 is 0 Å². The zero-order valence-corrected chi connectivity index (χ0v) is 13.7. The van der Waals surface area contributed by atoms with Crippen LogP contribution in [-0.2, 0) is 25.9 Å². The summed E-state index contributed by atoms with van der Waals surface area (Å²) in [4.78, 5) is 13.4. The Kier molecular flexibility index (Phi) is 5.35. The first-order chi connectivity index (χ1) is 11.8. The second-order valence-corrected chi connectivity index (χ2v) is 5.77. The average molecular weight is 325 g/mol. The van der Waals surface area contributed by atoms with Crippen molar-refractivity contribution in [2.75, 3.05) is 13.1 Å². The molecule has 0 aliphatic heterocycles. The lowest BCUT2D eigenvalue weighted by molar-refractivity contribution is 0.734. The van der Waals surface area contributed by atoms with Crippen molar-refractivity contribution in [2.24, 2.45) is 11.5 Å². The summed E-state index contributed by atoms with van der Waals surface area (Å²) in [6.07, 6.45) is 9.30. The van der Waals surface area contributed by atoms with Gasteiger partial charge in [-0.3, -0.25) is 4.98 Å². The minimum absolute atomic E-state index is 0.613. The molecule has 3 heterocycles. The zero-order valence-electron chi connectivity index (χ0n) is 13.7. The molecule has 0 aliphatic carbocycles. The van der Waals surface area contributed by atoms with Crippen LogP contribution in [0, 0.1) is 0 Å². The Labute approximate surface area is 141 Å². The van der Waals surface area contributed by atoms with E-state index in [0.29, 0.717) is 26.2 Å². The molecule has 24 heavy (non-hydrogen) atoms. The van der Waals surface area contributed by atoms with Crippen molar-refractivity contribution in [3.8, 4) is 0 Å². The van der Waals surface area contributed by atoms with E-state index in [2.05, 4.69) is 9.97 Å². The van der Waals surface area contributed by atoms with Gasteiger partial charge in [0.2, 0.25) is 0 Å². The summed E-state index contributed by atoms with van der Waals surface area (Å²) in [6, 6.07) is 6.09. The van der Waals surface area contributed by atoms with Gasteiger partial charge in [-0.15, -0.1) is 0 Å². The maximum atomic E-state index is 5.56. The number of nitrogens with two attached hydrogens (primary N) is 2. The second-order valence-electron chi connectivity index (χ2n) is 5.77. The van der Waals surface area contributed by atoms with Crippen LogP contribution in [0.25, 0.3) is 0 Å². The van der Waals surface area contributed by atoms with Crippen molar-refractivity contribution < 1.29 is 0 Å². The summed E-state index contributed by atoms with van der Waals surface area (Å²) < 4.78 is 4.07. The maximum Gasteiger partial charge on any atom is 0.0953 e. The molecule has 7 nitrogen and oxygen atoms in total. The molecule has 0 radical (unpaired) electrons. The van der Waals surface area contributed by atoms with Gasteiger partial charge in [0.25, 0.3) is 0 Å². The molecule has 0 unspecified atom stereocenters. The predicted molar refractivity (Wildman–Crippen MR) is 92.4 cm³/mol. The van der Waals surface area contributed by atoms with Crippen LogP contribution in [0.5, 0.6) is 0 Å². The van der Waals surface area contributed by atoms with Gasteiger partial charge >= 0.3 is 0 Å². The normalized spacial score (nSPS) is 11.1. The van der Waals surface area contributed by atoms with Gasteiger partial charge in [0.05, 0.1) is 48.5 Å². The lowest BCUT2D eigenvalue weighted by atomic mass is 10.3. The molecule has 7 heteroatoms. The quantitative estimate of drug-likeness (QED) is 0.631. The van der Waals surface area contributed by atoms with Crippen molar-refractivity contribution in [3.63, 3.8) is 0 Å². The molecule has 3 aromatic rings. The summed E-state index contributed by atoms with van der Waals surface area (Å²) >= 11 is 0. The van der Waals surface area contributed by atoms with Gasteiger partial charge in [0.1, 0.15) is 0 Å². The number of imidazole rings is 2. The molecule has 0 saturated heterocycles. The molecule has 3 aromatic heterocycles. The van der Waals surface area contributed by atoms with E-state index in [1.54, 1.807) is 0 Å². The van der Waals surface area contributed by atoms with Crippen LogP contribution in [0.3, 0.4) is 0 Å². The Morgan fingerprint density at radius 1 is 0.750 bits per heavy atom. The van der Waals surface area contributed by atoms with Crippen LogP contribution in [-0.4, -0.2) is 37.2 Å². The lowest BCUT2D eigenvalue weighted by Crippen LogP contribution is -2.05. The highest BCUT2D eigenvalue weighted by Gasteiger charge is 2.04. The predicted octanol–water partition coefficient (Wildman–Crippen LogP) is 0.574. The molecule has 0 saturated carbocycles. The smallest absolute Gasteiger partial charge is 0.0953 e. The van der Waals surface area contributed by atoms with Gasteiger partial charge in [-0.05, 0) is 25.2 Å². The standard InChI is InChI=1S/C17H23N7/c18-6-4-14-8-23(12-20-14)10-16-2-1-3-17(22-16)11-24-9-15(5-7-19)21-13-24/h1-3,8-9,12-13H,4-7,10-11,18-19H2. The first-order valence-corrected chi connectivity index (χ1v) is 8.13. The van der Waals surface area contributed by atoms with Gasteiger partial charge in [-0.1, -0.05) is 6.07 Å². The van der Waals surface area contributed by atoms with Crippen molar-refractivity contribution in [3.05, 3.63) is 66.0 Å². The first kappa shape index (κ1) is 16.4. The van der Waals surface area contributed by atoms with Crippen LogP contribution >= 0.6 is 0 Å². The summed E-state index contributed by atoms with van der Waals surface area (Å²) in [5.41, 5.74) is 15.2. The Morgan fingerprint density at radius 2 is 1.25 bits per heavy atom. The lowest BCUT2D eigenvalue weighted by Gasteiger charge is -2.06. The van der Waals surface area contributed by atoms with Crippen LogP contribution < -0.4 is 11.5 Å². The fraction of sp³-hybridized carbons (Fsp3) is 0.353. The van der Waals surface area contributed by atoms with Gasteiger partial charge < -0.3 is 20.6 Å². The van der Waals surface area contributed by atoms with E-state index >= 15 is 0 Å². The molecular weight excluding hydrogens is 302 g/mol. The fourth-order valence-electron chi connectivity index (χ4n) is 2.62. The molecule has 0 atom stereocenters. The largest absolute Gasteiger partial charge is 0.331 e. The Bertz CT molecular complexity index is 713. The Morgan fingerprint density at radius 3 is 1.71 bits per heavy atom. The summed E-state index contributed by atoms with van der Waals surface area (Å²) in [7, 11) is 0. The number of pyridine rings is 1. The minimum Gasteiger partial charge on any atom is -0.331 e. The molecule has 0 amide bonds. The van der Waals surface area contributed by atoms with Crippen molar-refractivity contribution in [1.29, 1.82) is 0 Å². The minimum atomic E-state index is 0.613. The number of nitrogens with zero attached hydrogens (tertiary/aromatic N) is 5. The molecule has 0 aliphatic rings. The molecule has 0 spiro atoms. The SMILES string of the molecule is NCCc1cn(Cc2cccc(Cn3cnc(CCN)c3)n2)cn1. The van der Waals surface area contributed by atoms with Crippen LogP contribution in [0.4, 0.5) is 0 Å².